The first-order valence-electron chi connectivity index (χ1n) is 9.72. The Balaban J connectivity index is 1.60. The van der Waals surface area contributed by atoms with Gasteiger partial charge in [0.2, 0.25) is 11.9 Å². The topological polar surface area (TPSA) is 123 Å². The van der Waals surface area contributed by atoms with Gasteiger partial charge in [-0.15, -0.1) is 0 Å². The quantitative estimate of drug-likeness (QED) is 0.516. The molecule has 156 valence electrons. The normalized spacial score (nSPS) is 15.7. The van der Waals surface area contributed by atoms with E-state index in [4.69, 9.17) is 0 Å². The monoisotopic (exact) mass is 419 g/mol. The predicted octanol–water partition coefficient (Wildman–Crippen LogP) is 2.21. The van der Waals surface area contributed by atoms with E-state index >= 15 is 0 Å². The second-order valence-electron chi connectivity index (χ2n) is 7.54. The maximum atomic E-state index is 13.8. The number of nitrogens with one attached hydrogen (secondary N) is 2. The number of amides is 1. The number of carbonyl (C=O) groups is 1. The van der Waals surface area contributed by atoms with E-state index in [2.05, 4.69) is 40.7 Å². The molecule has 1 aliphatic heterocycles. The summed E-state index contributed by atoms with van der Waals surface area (Å²) >= 11 is 0. The molecule has 0 aliphatic carbocycles. The lowest BCUT2D eigenvalue weighted by molar-refractivity contribution is -0.117. The SMILES string of the molecule is CC(C)c1cnn2c(N[C@@H]3Cc4cncnc4NC3=O)nc(-c3cncc(F)c3)nc12. The lowest BCUT2D eigenvalue weighted by Crippen LogP contribution is -2.41. The van der Waals surface area contributed by atoms with Crippen molar-refractivity contribution in [1.82, 2.24) is 34.5 Å². The molecule has 4 aromatic heterocycles. The Bertz CT molecular complexity index is 1300. The molecule has 5 rings (SSSR count). The van der Waals surface area contributed by atoms with Crippen LogP contribution in [0.25, 0.3) is 17.0 Å². The Hall–Kier alpha value is -4.02. The number of fused-ring (bicyclic) bond motifs is 2. The van der Waals surface area contributed by atoms with Gasteiger partial charge in [-0.05, 0) is 12.0 Å². The summed E-state index contributed by atoms with van der Waals surface area (Å²) in [5.74, 6) is 0.514. The van der Waals surface area contributed by atoms with Crippen LogP contribution in [0.4, 0.5) is 16.2 Å². The van der Waals surface area contributed by atoms with E-state index < -0.39 is 11.9 Å². The first-order chi connectivity index (χ1) is 15.0. The van der Waals surface area contributed by atoms with E-state index in [1.54, 1.807) is 16.9 Å². The Morgan fingerprint density at radius 3 is 2.87 bits per heavy atom. The molecule has 31 heavy (non-hydrogen) atoms. The fourth-order valence-corrected chi connectivity index (χ4v) is 3.47. The van der Waals surface area contributed by atoms with Gasteiger partial charge < -0.3 is 10.6 Å². The zero-order valence-electron chi connectivity index (χ0n) is 16.7. The van der Waals surface area contributed by atoms with Crippen molar-refractivity contribution in [2.75, 3.05) is 10.6 Å². The molecule has 5 heterocycles. The predicted molar refractivity (Wildman–Crippen MR) is 110 cm³/mol. The highest BCUT2D eigenvalue weighted by molar-refractivity contribution is 5.98. The molecule has 0 spiro atoms. The summed E-state index contributed by atoms with van der Waals surface area (Å²) in [6, 6.07) is 0.691. The Kier molecular flexibility index (Phi) is 4.50. The van der Waals surface area contributed by atoms with Crippen LogP contribution in [0.5, 0.6) is 0 Å². The molecule has 0 fully saturated rings. The molecule has 0 aromatic carbocycles. The van der Waals surface area contributed by atoms with Crippen LogP contribution in [0.1, 0.15) is 30.9 Å². The minimum atomic E-state index is -0.623. The first-order valence-corrected chi connectivity index (χ1v) is 9.72. The molecule has 0 saturated carbocycles. The number of nitrogens with zero attached hydrogens (tertiary/aromatic N) is 7. The Labute approximate surface area is 176 Å². The van der Waals surface area contributed by atoms with Crippen LogP contribution in [-0.2, 0) is 11.2 Å². The van der Waals surface area contributed by atoms with Gasteiger partial charge in [-0.3, -0.25) is 9.78 Å². The largest absolute Gasteiger partial charge is 0.342 e. The lowest BCUT2D eigenvalue weighted by atomic mass is 10.0. The van der Waals surface area contributed by atoms with Gasteiger partial charge in [-0.1, -0.05) is 13.8 Å². The summed E-state index contributed by atoms with van der Waals surface area (Å²) in [5.41, 5.74) is 2.71. The molecule has 10 nitrogen and oxygen atoms in total. The molecule has 0 bridgehead atoms. The van der Waals surface area contributed by atoms with Crippen molar-refractivity contribution in [3.8, 4) is 11.4 Å². The van der Waals surface area contributed by atoms with Crippen molar-refractivity contribution >= 4 is 23.3 Å². The molecule has 1 aliphatic rings. The van der Waals surface area contributed by atoms with Gasteiger partial charge in [0, 0.05) is 35.5 Å². The van der Waals surface area contributed by atoms with Crippen molar-refractivity contribution in [2.45, 2.75) is 32.2 Å². The van der Waals surface area contributed by atoms with Crippen LogP contribution in [0.15, 0.2) is 37.2 Å². The van der Waals surface area contributed by atoms with Gasteiger partial charge in [0.15, 0.2) is 11.5 Å². The fourth-order valence-electron chi connectivity index (χ4n) is 3.47. The summed E-state index contributed by atoms with van der Waals surface area (Å²) in [6.07, 6.45) is 7.76. The standard InChI is InChI=1S/C20H18FN9O/c1-10(2)14-8-25-30-18(14)27-17(11-3-13(21)7-22-5-11)29-20(30)26-15-4-12-6-23-9-24-16(12)28-19(15)31/h3,5-10,15H,4H2,1-2H3,(H,26,27,29)(H,23,24,28,31)/t15-/m1/s1. The Morgan fingerprint density at radius 1 is 1.19 bits per heavy atom. The third kappa shape index (κ3) is 3.43. The van der Waals surface area contributed by atoms with Crippen molar-refractivity contribution in [3.05, 3.63) is 54.1 Å². The van der Waals surface area contributed by atoms with Gasteiger partial charge >= 0.3 is 0 Å². The van der Waals surface area contributed by atoms with Gasteiger partial charge in [0.05, 0.1) is 12.4 Å². The molecule has 0 radical (unpaired) electrons. The highest BCUT2D eigenvalue weighted by Crippen LogP contribution is 2.26. The van der Waals surface area contributed by atoms with Crippen molar-refractivity contribution in [1.29, 1.82) is 0 Å². The summed E-state index contributed by atoms with van der Waals surface area (Å²) < 4.78 is 15.3. The summed E-state index contributed by atoms with van der Waals surface area (Å²) in [7, 11) is 0. The second-order valence-corrected chi connectivity index (χ2v) is 7.54. The van der Waals surface area contributed by atoms with Gasteiger partial charge in [0.25, 0.3) is 0 Å². The van der Waals surface area contributed by atoms with Gasteiger partial charge in [-0.2, -0.15) is 14.6 Å². The molecular formula is C20H18FN9O. The number of halogens is 1. The average molecular weight is 419 g/mol. The van der Waals surface area contributed by atoms with Crippen LogP contribution >= 0.6 is 0 Å². The summed E-state index contributed by atoms with van der Waals surface area (Å²) in [6.45, 7) is 4.06. The van der Waals surface area contributed by atoms with E-state index in [1.807, 2.05) is 13.8 Å². The molecule has 2 N–H and O–H groups in total. The van der Waals surface area contributed by atoms with Crippen LogP contribution in [0, 0.1) is 5.82 Å². The molecule has 0 saturated heterocycles. The Morgan fingerprint density at radius 2 is 2.06 bits per heavy atom. The average Bonchev–Trinajstić information content (AvgIpc) is 3.19. The molecule has 4 aromatic rings. The molecule has 1 amide bonds. The van der Waals surface area contributed by atoms with Crippen molar-refractivity contribution in [2.24, 2.45) is 0 Å². The molecule has 11 heteroatoms. The van der Waals surface area contributed by atoms with Crippen LogP contribution in [0.3, 0.4) is 0 Å². The lowest BCUT2D eigenvalue weighted by Gasteiger charge is -2.24. The number of carbonyl (C=O) groups excluding carboxylic acids is 1. The first kappa shape index (κ1) is 19.0. The zero-order chi connectivity index (χ0) is 21.5. The van der Waals surface area contributed by atoms with Crippen LogP contribution in [-0.4, -0.2) is 46.5 Å². The molecule has 0 unspecified atom stereocenters. The molecular weight excluding hydrogens is 401 g/mol. The van der Waals surface area contributed by atoms with Crippen molar-refractivity contribution < 1.29 is 9.18 Å². The van der Waals surface area contributed by atoms with E-state index in [-0.39, 0.29) is 17.6 Å². The highest BCUT2D eigenvalue weighted by atomic mass is 19.1. The number of pyridine rings is 1. The van der Waals surface area contributed by atoms with E-state index in [9.17, 15) is 9.18 Å². The number of aromatic nitrogens is 7. The maximum Gasteiger partial charge on any atom is 0.248 e. The fraction of sp³-hybridized carbons (Fsp3) is 0.250. The minimum absolute atomic E-state index is 0.153. The van der Waals surface area contributed by atoms with E-state index in [0.29, 0.717) is 29.4 Å². The van der Waals surface area contributed by atoms with Gasteiger partial charge in [0.1, 0.15) is 24.0 Å². The van der Waals surface area contributed by atoms with Crippen molar-refractivity contribution in [3.63, 3.8) is 0 Å². The van der Waals surface area contributed by atoms with E-state index in [0.717, 1.165) is 17.3 Å². The summed E-state index contributed by atoms with van der Waals surface area (Å²) in [5, 5.41) is 10.3. The zero-order valence-corrected chi connectivity index (χ0v) is 16.7. The maximum absolute atomic E-state index is 13.8. The van der Waals surface area contributed by atoms with Crippen LogP contribution < -0.4 is 10.6 Å². The molecule has 1 atom stereocenters. The minimum Gasteiger partial charge on any atom is -0.342 e. The van der Waals surface area contributed by atoms with Crippen LogP contribution in [0.2, 0.25) is 0 Å². The number of anilines is 2. The third-order valence-electron chi connectivity index (χ3n) is 5.05. The smallest absolute Gasteiger partial charge is 0.248 e. The van der Waals surface area contributed by atoms with Gasteiger partial charge in [-0.25, -0.2) is 19.3 Å². The highest BCUT2D eigenvalue weighted by Gasteiger charge is 2.29. The third-order valence-corrected chi connectivity index (χ3v) is 5.05. The van der Waals surface area contributed by atoms with E-state index in [1.165, 1.54) is 18.6 Å². The summed E-state index contributed by atoms with van der Waals surface area (Å²) in [4.78, 5) is 33.8. The number of rotatable bonds is 4. The number of hydrogen-bond donors (Lipinski definition) is 2. The number of hydrogen-bond acceptors (Lipinski definition) is 8. The second kappa shape index (κ2) is 7.35.